The van der Waals surface area contributed by atoms with Gasteiger partial charge in [0.05, 0.1) is 5.41 Å². The predicted octanol–water partition coefficient (Wildman–Crippen LogP) is -1.04. The summed E-state index contributed by atoms with van der Waals surface area (Å²) in [4.78, 5) is 21.7. The highest BCUT2D eigenvalue weighted by atomic mass is 16.2. The molecule has 0 saturated heterocycles. The van der Waals surface area contributed by atoms with Crippen LogP contribution in [0.2, 0.25) is 0 Å². The van der Waals surface area contributed by atoms with Crippen LogP contribution in [0.1, 0.15) is 20.3 Å². The van der Waals surface area contributed by atoms with Crippen LogP contribution < -0.4 is 16.8 Å². The minimum absolute atomic E-state index is 0.156. The summed E-state index contributed by atoms with van der Waals surface area (Å²) in [7, 11) is 0. The molecule has 76 valence electrons. The molecular formula is C8H17N3O2. The van der Waals surface area contributed by atoms with Crippen LogP contribution in [-0.2, 0) is 9.59 Å². The highest BCUT2D eigenvalue weighted by Crippen LogP contribution is 2.11. The van der Waals surface area contributed by atoms with Crippen LogP contribution in [0.5, 0.6) is 0 Å². The second-order valence-electron chi connectivity index (χ2n) is 3.56. The van der Waals surface area contributed by atoms with Crippen molar-refractivity contribution < 1.29 is 9.59 Å². The lowest BCUT2D eigenvalue weighted by Crippen LogP contribution is -2.42. The van der Waals surface area contributed by atoms with Gasteiger partial charge < -0.3 is 16.8 Å². The molecule has 5 heteroatoms. The fraction of sp³-hybridized carbons (Fsp3) is 0.750. The highest BCUT2D eigenvalue weighted by molar-refractivity contribution is 5.82. The summed E-state index contributed by atoms with van der Waals surface area (Å²) < 4.78 is 0. The Labute approximate surface area is 77.8 Å². The van der Waals surface area contributed by atoms with Crippen LogP contribution in [0.3, 0.4) is 0 Å². The maximum atomic E-state index is 11.3. The molecule has 0 atom stereocenters. The maximum absolute atomic E-state index is 11.3. The summed E-state index contributed by atoms with van der Waals surface area (Å²) in [6.07, 6.45) is 0.159. The summed E-state index contributed by atoms with van der Waals surface area (Å²) in [5, 5.41) is 2.59. The predicted molar refractivity (Wildman–Crippen MR) is 49.7 cm³/mol. The van der Waals surface area contributed by atoms with Gasteiger partial charge in [0, 0.05) is 19.5 Å². The molecule has 5 nitrogen and oxygen atoms in total. The molecule has 0 bridgehead atoms. The molecule has 0 rings (SSSR count). The third-order valence-corrected chi connectivity index (χ3v) is 1.78. The van der Waals surface area contributed by atoms with E-state index in [2.05, 4.69) is 5.32 Å². The molecule has 0 aromatic rings. The zero-order valence-corrected chi connectivity index (χ0v) is 8.09. The lowest BCUT2D eigenvalue weighted by Gasteiger charge is -2.20. The summed E-state index contributed by atoms with van der Waals surface area (Å²) in [6.45, 7) is 4.03. The van der Waals surface area contributed by atoms with Gasteiger partial charge in [-0.2, -0.15) is 0 Å². The summed E-state index contributed by atoms with van der Waals surface area (Å²) in [6, 6.07) is 0. The molecule has 13 heavy (non-hydrogen) atoms. The van der Waals surface area contributed by atoms with Crippen LogP contribution in [-0.4, -0.2) is 24.9 Å². The molecule has 0 aliphatic rings. The van der Waals surface area contributed by atoms with Gasteiger partial charge in [-0.05, 0) is 13.8 Å². The van der Waals surface area contributed by atoms with Crippen molar-refractivity contribution in [3.8, 4) is 0 Å². The molecule has 0 aromatic heterocycles. The van der Waals surface area contributed by atoms with Gasteiger partial charge in [0.2, 0.25) is 11.8 Å². The standard InChI is InChI=1S/C8H17N3O2/c1-8(2,5-9)7(13)11-4-3-6(10)12/h3-5,9H2,1-2H3,(H2,10,12)(H,11,13). The molecule has 0 spiro atoms. The molecule has 2 amide bonds. The Morgan fingerprint density at radius 3 is 2.31 bits per heavy atom. The van der Waals surface area contributed by atoms with Crippen molar-refractivity contribution in [2.45, 2.75) is 20.3 Å². The van der Waals surface area contributed by atoms with E-state index in [1.807, 2.05) is 0 Å². The van der Waals surface area contributed by atoms with E-state index >= 15 is 0 Å². The number of amides is 2. The molecule has 0 heterocycles. The van der Waals surface area contributed by atoms with Crippen LogP contribution in [0.15, 0.2) is 0 Å². The SMILES string of the molecule is CC(C)(CN)C(=O)NCCC(N)=O. The number of primary amides is 1. The molecule has 0 fully saturated rings. The van der Waals surface area contributed by atoms with E-state index in [-0.39, 0.29) is 25.4 Å². The van der Waals surface area contributed by atoms with Gasteiger partial charge in [-0.1, -0.05) is 0 Å². The fourth-order valence-electron chi connectivity index (χ4n) is 0.631. The molecule has 0 radical (unpaired) electrons. The number of rotatable bonds is 5. The van der Waals surface area contributed by atoms with Crippen LogP contribution in [0, 0.1) is 5.41 Å². The van der Waals surface area contributed by atoms with Crippen molar-refractivity contribution in [2.75, 3.05) is 13.1 Å². The van der Waals surface area contributed by atoms with E-state index in [1.54, 1.807) is 13.8 Å². The van der Waals surface area contributed by atoms with Gasteiger partial charge in [0.1, 0.15) is 0 Å². The number of hydrogen-bond acceptors (Lipinski definition) is 3. The number of carbonyl (C=O) groups excluding carboxylic acids is 2. The first-order valence-corrected chi connectivity index (χ1v) is 4.17. The van der Waals surface area contributed by atoms with Crippen molar-refractivity contribution in [1.82, 2.24) is 5.32 Å². The Morgan fingerprint density at radius 1 is 1.38 bits per heavy atom. The van der Waals surface area contributed by atoms with Crippen LogP contribution in [0.4, 0.5) is 0 Å². The first kappa shape index (κ1) is 11.9. The van der Waals surface area contributed by atoms with Gasteiger partial charge >= 0.3 is 0 Å². The Kier molecular flexibility index (Phi) is 4.40. The smallest absolute Gasteiger partial charge is 0.226 e. The van der Waals surface area contributed by atoms with Gasteiger partial charge in [-0.25, -0.2) is 0 Å². The minimum atomic E-state index is -0.586. The van der Waals surface area contributed by atoms with Crippen molar-refractivity contribution in [2.24, 2.45) is 16.9 Å². The average molecular weight is 187 g/mol. The summed E-state index contributed by atoms with van der Waals surface area (Å²) in [5.41, 5.74) is 9.71. The maximum Gasteiger partial charge on any atom is 0.226 e. The fourth-order valence-corrected chi connectivity index (χ4v) is 0.631. The average Bonchev–Trinajstić information content (AvgIpc) is 2.03. The first-order chi connectivity index (χ1) is 5.90. The number of carbonyl (C=O) groups is 2. The van der Waals surface area contributed by atoms with Crippen LogP contribution >= 0.6 is 0 Å². The number of nitrogens with two attached hydrogens (primary N) is 2. The van der Waals surface area contributed by atoms with Gasteiger partial charge in [0.25, 0.3) is 0 Å². The Hall–Kier alpha value is -1.10. The van der Waals surface area contributed by atoms with Gasteiger partial charge in [0.15, 0.2) is 0 Å². The van der Waals surface area contributed by atoms with Gasteiger partial charge in [-0.15, -0.1) is 0 Å². The third kappa shape index (κ3) is 4.47. The van der Waals surface area contributed by atoms with Crippen molar-refractivity contribution in [3.63, 3.8) is 0 Å². The van der Waals surface area contributed by atoms with E-state index in [1.165, 1.54) is 0 Å². The van der Waals surface area contributed by atoms with E-state index < -0.39 is 11.3 Å². The first-order valence-electron chi connectivity index (χ1n) is 4.17. The Balaban J connectivity index is 3.81. The number of hydrogen-bond donors (Lipinski definition) is 3. The normalized spacial score (nSPS) is 11.0. The summed E-state index contributed by atoms with van der Waals surface area (Å²) >= 11 is 0. The third-order valence-electron chi connectivity index (χ3n) is 1.78. The molecule has 0 aliphatic heterocycles. The van der Waals surface area contributed by atoms with Crippen molar-refractivity contribution >= 4 is 11.8 Å². The zero-order chi connectivity index (χ0) is 10.5. The molecular weight excluding hydrogens is 170 g/mol. The largest absolute Gasteiger partial charge is 0.370 e. The van der Waals surface area contributed by atoms with Crippen LogP contribution in [0.25, 0.3) is 0 Å². The van der Waals surface area contributed by atoms with E-state index in [9.17, 15) is 9.59 Å². The zero-order valence-electron chi connectivity index (χ0n) is 8.09. The Morgan fingerprint density at radius 2 is 1.92 bits per heavy atom. The molecule has 0 aliphatic carbocycles. The van der Waals surface area contributed by atoms with Crippen molar-refractivity contribution in [1.29, 1.82) is 0 Å². The molecule has 0 aromatic carbocycles. The highest BCUT2D eigenvalue weighted by Gasteiger charge is 2.24. The Bertz CT molecular complexity index is 202. The minimum Gasteiger partial charge on any atom is -0.370 e. The molecule has 0 unspecified atom stereocenters. The number of nitrogens with one attached hydrogen (secondary N) is 1. The molecule has 5 N–H and O–H groups in total. The van der Waals surface area contributed by atoms with E-state index in [0.29, 0.717) is 0 Å². The second kappa shape index (κ2) is 4.81. The summed E-state index contributed by atoms with van der Waals surface area (Å²) in [5.74, 6) is -0.581. The lowest BCUT2D eigenvalue weighted by molar-refractivity contribution is -0.128. The quantitative estimate of drug-likeness (QED) is 0.513. The van der Waals surface area contributed by atoms with Crippen molar-refractivity contribution in [3.05, 3.63) is 0 Å². The second-order valence-corrected chi connectivity index (χ2v) is 3.56. The van der Waals surface area contributed by atoms with E-state index in [0.717, 1.165) is 0 Å². The topological polar surface area (TPSA) is 98.2 Å². The molecule has 0 saturated carbocycles. The monoisotopic (exact) mass is 187 g/mol. The lowest BCUT2D eigenvalue weighted by atomic mass is 9.93. The van der Waals surface area contributed by atoms with Gasteiger partial charge in [-0.3, -0.25) is 9.59 Å². The van der Waals surface area contributed by atoms with E-state index in [4.69, 9.17) is 11.5 Å².